The zero-order chi connectivity index (χ0) is 19.3. The molecule has 0 N–H and O–H groups in total. The predicted octanol–water partition coefficient (Wildman–Crippen LogP) is 3.39. The Morgan fingerprint density at radius 1 is 1.15 bits per heavy atom. The van der Waals surface area contributed by atoms with Crippen molar-refractivity contribution < 1.29 is 19.1 Å². The molecule has 142 valence electrons. The summed E-state index contributed by atoms with van der Waals surface area (Å²) in [5, 5.41) is 5.26. The molecule has 2 fully saturated rings. The first-order chi connectivity index (χ1) is 12.9. The maximum absolute atomic E-state index is 12.7. The Morgan fingerprint density at radius 2 is 1.78 bits per heavy atom. The van der Waals surface area contributed by atoms with Crippen molar-refractivity contribution in [3.05, 3.63) is 34.3 Å². The number of hydrogen-bond donors (Lipinski definition) is 0. The molecule has 2 bridgehead atoms. The largest absolute Gasteiger partial charge is 0.493 e. The number of carbonyl (C=O) groups excluding carboxylic acids is 2. The second-order valence-corrected chi connectivity index (χ2v) is 8.28. The van der Waals surface area contributed by atoms with E-state index < -0.39 is 0 Å². The molecule has 0 spiro atoms. The van der Waals surface area contributed by atoms with Crippen LogP contribution >= 0.6 is 15.9 Å². The summed E-state index contributed by atoms with van der Waals surface area (Å²) in [6.07, 6.45) is 6.56. The number of imide groups is 1. The second-order valence-electron chi connectivity index (χ2n) is 7.42. The van der Waals surface area contributed by atoms with Gasteiger partial charge in [0.2, 0.25) is 0 Å². The molecule has 2 amide bonds. The third-order valence-electron chi connectivity index (χ3n) is 5.40. The highest BCUT2D eigenvalue weighted by molar-refractivity contribution is 9.10. The zero-order valence-corrected chi connectivity index (χ0v) is 17.0. The topological polar surface area (TPSA) is 68.2 Å². The van der Waals surface area contributed by atoms with Crippen molar-refractivity contribution in [3.8, 4) is 11.5 Å². The summed E-state index contributed by atoms with van der Waals surface area (Å²) in [6, 6.07) is 3.56. The fraction of sp³-hybridized carbons (Fsp3) is 0.450. The fourth-order valence-corrected chi connectivity index (χ4v) is 4.70. The predicted molar refractivity (Wildman–Crippen MR) is 104 cm³/mol. The minimum absolute atomic E-state index is 0.00792. The number of nitrogens with zero attached hydrogens (tertiary/aromatic N) is 2. The van der Waals surface area contributed by atoms with Crippen LogP contribution in [0.5, 0.6) is 11.5 Å². The zero-order valence-electron chi connectivity index (χ0n) is 15.4. The van der Waals surface area contributed by atoms with E-state index >= 15 is 0 Å². The maximum atomic E-state index is 12.7. The highest BCUT2D eigenvalue weighted by Gasteiger charge is 2.59. The maximum Gasteiger partial charge on any atom is 0.254 e. The lowest BCUT2D eigenvalue weighted by molar-refractivity contribution is -0.140. The van der Waals surface area contributed by atoms with Crippen molar-refractivity contribution in [2.45, 2.75) is 26.4 Å². The van der Waals surface area contributed by atoms with Gasteiger partial charge in [-0.1, -0.05) is 12.2 Å². The van der Waals surface area contributed by atoms with Crippen molar-refractivity contribution >= 4 is 34.0 Å². The Balaban J connectivity index is 1.58. The van der Waals surface area contributed by atoms with Crippen molar-refractivity contribution in [3.63, 3.8) is 0 Å². The molecule has 6 nitrogen and oxygen atoms in total. The van der Waals surface area contributed by atoms with Crippen molar-refractivity contribution in [1.29, 1.82) is 0 Å². The third-order valence-corrected chi connectivity index (χ3v) is 6.09. The number of benzene rings is 1. The van der Waals surface area contributed by atoms with Crippen LogP contribution in [-0.4, -0.2) is 36.3 Å². The second kappa shape index (κ2) is 6.78. The number of carbonyl (C=O) groups is 2. The quantitative estimate of drug-likeness (QED) is 0.406. The number of allylic oxidation sites excluding steroid dienone is 2. The number of methoxy groups -OCH3 is 1. The van der Waals surface area contributed by atoms with E-state index in [1.54, 1.807) is 19.2 Å². The molecule has 1 saturated heterocycles. The molecule has 0 aromatic heterocycles. The lowest BCUT2D eigenvalue weighted by Gasteiger charge is -2.15. The fourth-order valence-electron chi connectivity index (χ4n) is 4.28. The van der Waals surface area contributed by atoms with E-state index in [0.29, 0.717) is 17.1 Å². The van der Waals surface area contributed by atoms with Crippen LogP contribution in [0.15, 0.2) is 33.9 Å². The summed E-state index contributed by atoms with van der Waals surface area (Å²) in [5.41, 5.74) is 0.696. The SMILES string of the molecule is COc1cc(C=NN2C(=O)C3C4C=CC(C4)C3C2=O)c(Br)cc1OC(C)C. The number of halogens is 1. The standard InChI is InChI=1S/C20H21BrN2O4/c1-10(2)27-16-8-14(21)13(7-15(16)26-3)9-22-23-19(24)17-11-4-5-12(6-11)18(17)20(23)25/h4-5,7-12,17-18H,6H2,1-3H3. The number of fused-ring (bicyclic) bond motifs is 5. The first-order valence-corrected chi connectivity index (χ1v) is 9.84. The van der Waals surface area contributed by atoms with Gasteiger partial charge in [-0.25, -0.2) is 0 Å². The van der Waals surface area contributed by atoms with Gasteiger partial charge in [-0.3, -0.25) is 9.59 Å². The monoisotopic (exact) mass is 432 g/mol. The molecule has 1 aromatic carbocycles. The molecule has 1 aromatic rings. The molecule has 4 unspecified atom stereocenters. The molecule has 2 aliphatic carbocycles. The van der Waals surface area contributed by atoms with Gasteiger partial charge in [0.15, 0.2) is 11.5 Å². The minimum Gasteiger partial charge on any atom is -0.493 e. The van der Waals surface area contributed by atoms with Crippen LogP contribution in [0, 0.1) is 23.7 Å². The van der Waals surface area contributed by atoms with Crippen LogP contribution in [-0.2, 0) is 9.59 Å². The van der Waals surface area contributed by atoms with Gasteiger partial charge in [0.1, 0.15) is 0 Å². The lowest BCUT2D eigenvalue weighted by atomic mass is 9.85. The van der Waals surface area contributed by atoms with Gasteiger partial charge in [-0.05, 0) is 60.2 Å². The molecular weight excluding hydrogens is 412 g/mol. The Hall–Kier alpha value is -2.15. The van der Waals surface area contributed by atoms with Gasteiger partial charge in [0.05, 0.1) is 31.3 Å². The van der Waals surface area contributed by atoms with Gasteiger partial charge >= 0.3 is 0 Å². The summed E-state index contributed by atoms with van der Waals surface area (Å²) in [4.78, 5) is 25.4. The van der Waals surface area contributed by atoms with Gasteiger partial charge in [0, 0.05) is 10.0 Å². The number of rotatable bonds is 5. The number of hydrogen-bond acceptors (Lipinski definition) is 5. The first kappa shape index (κ1) is 18.2. The molecule has 0 radical (unpaired) electrons. The highest BCUT2D eigenvalue weighted by atomic mass is 79.9. The molecule has 4 rings (SSSR count). The van der Waals surface area contributed by atoms with Crippen LogP contribution in [0.2, 0.25) is 0 Å². The van der Waals surface area contributed by atoms with Gasteiger partial charge in [0.25, 0.3) is 11.8 Å². The number of amides is 2. The Bertz CT molecular complexity index is 834. The molecule has 4 atom stereocenters. The van der Waals surface area contributed by atoms with Crippen LogP contribution in [0.3, 0.4) is 0 Å². The minimum atomic E-state index is -0.246. The van der Waals surface area contributed by atoms with Crippen molar-refractivity contribution in [2.24, 2.45) is 28.8 Å². The normalized spacial score (nSPS) is 28.7. The smallest absolute Gasteiger partial charge is 0.254 e. The molecule has 1 aliphatic heterocycles. The summed E-state index contributed by atoms with van der Waals surface area (Å²) < 4.78 is 11.9. The number of ether oxygens (including phenoxy) is 2. The average molecular weight is 433 g/mol. The third kappa shape index (κ3) is 2.98. The number of hydrazone groups is 1. The lowest BCUT2D eigenvalue weighted by Crippen LogP contribution is -2.28. The van der Waals surface area contributed by atoms with Gasteiger partial charge < -0.3 is 9.47 Å². The molecule has 27 heavy (non-hydrogen) atoms. The van der Waals surface area contributed by atoms with Gasteiger partial charge in [-0.2, -0.15) is 10.1 Å². The highest BCUT2D eigenvalue weighted by Crippen LogP contribution is 2.52. The first-order valence-electron chi connectivity index (χ1n) is 9.05. The van der Waals surface area contributed by atoms with E-state index in [2.05, 4.69) is 33.2 Å². The average Bonchev–Trinajstić information content (AvgIpc) is 3.29. The van der Waals surface area contributed by atoms with E-state index in [0.717, 1.165) is 15.9 Å². The van der Waals surface area contributed by atoms with Crippen molar-refractivity contribution in [2.75, 3.05) is 7.11 Å². The summed E-state index contributed by atoms with van der Waals surface area (Å²) in [7, 11) is 1.56. The Labute approximate surface area is 166 Å². The molecule has 1 heterocycles. The molecule has 3 aliphatic rings. The molecule has 1 saturated carbocycles. The van der Waals surface area contributed by atoms with Crippen LogP contribution in [0.25, 0.3) is 0 Å². The van der Waals surface area contributed by atoms with E-state index in [4.69, 9.17) is 9.47 Å². The van der Waals surface area contributed by atoms with Crippen molar-refractivity contribution in [1.82, 2.24) is 5.01 Å². The van der Waals surface area contributed by atoms with E-state index in [9.17, 15) is 9.59 Å². The van der Waals surface area contributed by atoms with E-state index in [1.807, 2.05) is 13.8 Å². The van der Waals surface area contributed by atoms with E-state index in [1.165, 1.54) is 6.21 Å². The van der Waals surface area contributed by atoms with Crippen LogP contribution in [0.1, 0.15) is 25.8 Å². The van der Waals surface area contributed by atoms with E-state index in [-0.39, 0.29) is 41.6 Å². The summed E-state index contributed by atoms with van der Waals surface area (Å²) in [6.45, 7) is 3.87. The van der Waals surface area contributed by atoms with Gasteiger partial charge in [-0.15, -0.1) is 0 Å². The van der Waals surface area contributed by atoms with Crippen LogP contribution in [0.4, 0.5) is 0 Å². The summed E-state index contributed by atoms with van der Waals surface area (Å²) in [5.74, 6) is 0.649. The molecular formula is C20H21BrN2O4. The Morgan fingerprint density at radius 3 is 2.33 bits per heavy atom. The van der Waals surface area contributed by atoms with Crippen LogP contribution < -0.4 is 9.47 Å². The summed E-state index contributed by atoms with van der Waals surface area (Å²) >= 11 is 3.49. The Kier molecular flexibility index (Phi) is 4.58. The molecule has 7 heteroatoms.